The average Bonchev–Trinajstić information content (AvgIpc) is 3.68. The first-order valence-electron chi connectivity index (χ1n) is 13.1. The van der Waals surface area contributed by atoms with E-state index in [-0.39, 0.29) is 23.6 Å². The second-order valence-corrected chi connectivity index (χ2v) is 11.1. The van der Waals surface area contributed by atoms with E-state index in [1.165, 1.54) is 0 Å². The molecule has 0 radical (unpaired) electrons. The monoisotopic (exact) mass is 518 g/mol. The van der Waals surface area contributed by atoms with E-state index in [2.05, 4.69) is 15.6 Å². The molecule has 1 aliphatic carbocycles. The van der Waals surface area contributed by atoms with Crippen LogP contribution in [0.5, 0.6) is 0 Å². The molecule has 38 heavy (non-hydrogen) atoms. The molecule has 3 aliphatic heterocycles. The Hall–Kier alpha value is -3.95. The molecule has 10 heteroatoms. The van der Waals surface area contributed by atoms with E-state index in [9.17, 15) is 14.4 Å². The fourth-order valence-electron chi connectivity index (χ4n) is 5.13. The summed E-state index contributed by atoms with van der Waals surface area (Å²) in [5, 5.41) is 13.6. The summed E-state index contributed by atoms with van der Waals surface area (Å²) in [7, 11) is 0. The molecule has 1 aromatic carbocycles. The number of nitrogens with one attached hydrogen (secondary N) is 3. The lowest BCUT2D eigenvalue weighted by atomic mass is 10.00. The van der Waals surface area contributed by atoms with Crippen molar-refractivity contribution in [3.05, 3.63) is 52.5 Å². The molecule has 0 aromatic heterocycles. The summed E-state index contributed by atoms with van der Waals surface area (Å²) >= 11 is 0. The van der Waals surface area contributed by atoms with Crippen LogP contribution in [0.3, 0.4) is 0 Å². The predicted octanol–water partition coefficient (Wildman–Crippen LogP) is 3.91. The van der Waals surface area contributed by atoms with E-state index in [0.29, 0.717) is 55.5 Å². The third-order valence-electron chi connectivity index (χ3n) is 7.18. The maximum Gasteiger partial charge on any atom is 0.410 e. The van der Waals surface area contributed by atoms with Crippen LogP contribution in [0.4, 0.5) is 10.5 Å². The molecule has 0 atom stereocenters. The zero-order valence-corrected chi connectivity index (χ0v) is 22.0. The van der Waals surface area contributed by atoms with E-state index in [0.717, 1.165) is 30.2 Å². The third kappa shape index (κ3) is 5.34. The van der Waals surface area contributed by atoms with Crippen molar-refractivity contribution in [2.24, 2.45) is 4.99 Å². The number of carbonyl (C=O) groups excluding carboxylic acids is 3. The van der Waals surface area contributed by atoms with Crippen molar-refractivity contribution in [3.63, 3.8) is 0 Å². The lowest BCUT2D eigenvalue weighted by molar-refractivity contribution is -0.112. The summed E-state index contributed by atoms with van der Waals surface area (Å²) in [5.41, 5.74) is 2.79. The number of rotatable bonds is 5. The molecule has 3 N–H and O–H groups in total. The molecule has 0 unspecified atom stereocenters. The number of allylic oxidation sites excluding steroid dienone is 1. The Bertz CT molecular complexity index is 1260. The first kappa shape index (κ1) is 25.7. The van der Waals surface area contributed by atoms with Crippen molar-refractivity contribution in [2.75, 3.05) is 18.4 Å². The summed E-state index contributed by atoms with van der Waals surface area (Å²) < 4.78 is 5.50. The first-order valence-corrected chi connectivity index (χ1v) is 13.1. The lowest BCUT2D eigenvalue weighted by Gasteiger charge is -2.37. The van der Waals surface area contributed by atoms with Gasteiger partial charge >= 0.3 is 6.09 Å². The molecule has 1 saturated heterocycles. The second-order valence-electron chi connectivity index (χ2n) is 11.1. The molecule has 4 aliphatic rings. The number of ether oxygens (including phenoxy) is 1. The number of nitrogens with zero attached hydrogens (tertiary/aromatic N) is 3. The van der Waals surface area contributed by atoms with Crippen LogP contribution in [-0.2, 0) is 16.1 Å². The number of aliphatic imine (C=N–C) groups is 1. The highest BCUT2D eigenvalue weighted by Gasteiger charge is 2.38. The third-order valence-corrected chi connectivity index (χ3v) is 7.18. The number of likely N-dealkylation sites (tertiary alicyclic amines) is 1. The fourth-order valence-corrected chi connectivity index (χ4v) is 5.13. The zero-order valence-electron chi connectivity index (χ0n) is 22.0. The summed E-state index contributed by atoms with van der Waals surface area (Å²) in [5.74, 6) is 0.199. The zero-order chi connectivity index (χ0) is 27.0. The number of piperidine rings is 1. The number of benzene rings is 1. The lowest BCUT2D eigenvalue weighted by Crippen LogP contribution is -2.48. The number of hydrogen-bond donors (Lipinski definition) is 3. The van der Waals surface area contributed by atoms with Crippen LogP contribution >= 0.6 is 0 Å². The van der Waals surface area contributed by atoms with Gasteiger partial charge in [0.05, 0.1) is 5.57 Å². The Morgan fingerprint density at radius 3 is 2.53 bits per heavy atom. The molecule has 3 amide bonds. The molecule has 0 bridgehead atoms. The van der Waals surface area contributed by atoms with Gasteiger partial charge in [0.1, 0.15) is 11.4 Å². The summed E-state index contributed by atoms with van der Waals surface area (Å²) in [4.78, 5) is 46.8. The van der Waals surface area contributed by atoms with Crippen molar-refractivity contribution in [1.29, 1.82) is 5.41 Å². The Morgan fingerprint density at radius 2 is 1.92 bits per heavy atom. The van der Waals surface area contributed by atoms with Crippen molar-refractivity contribution in [2.45, 2.75) is 70.6 Å². The van der Waals surface area contributed by atoms with Gasteiger partial charge in [-0.05, 0) is 81.7 Å². The number of anilines is 1. The van der Waals surface area contributed by atoms with Crippen LogP contribution in [0, 0.1) is 5.41 Å². The molecule has 3 heterocycles. The van der Waals surface area contributed by atoms with Gasteiger partial charge in [-0.25, -0.2) is 9.79 Å². The molecular formula is C28H34N6O4. The van der Waals surface area contributed by atoms with Crippen molar-refractivity contribution >= 4 is 36.0 Å². The molecule has 1 saturated carbocycles. The first-order chi connectivity index (χ1) is 18.1. The minimum absolute atomic E-state index is 0.00493. The largest absolute Gasteiger partial charge is 0.444 e. The molecule has 5 rings (SSSR count). The Morgan fingerprint density at radius 1 is 1.18 bits per heavy atom. The summed E-state index contributed by atoms with van der Waals surface area (Å²) in [6, 6.07) is 3.89. The number of fused-ring (bicyclic) bond motifs is 1. The van der Waals surface area contributed by atoms with Crippen LogP contribution in [-0.4, -0.2) is 64.9 Å². The van der Waals surface area contributed by atoms with Crippen molar-refractivity contribution in [1.82, 2.24) is 15.1 Å². The summed E-state index contributed by atoms with van der Waals surface area (Å²) in [6.45, 7) is 7.11. The van der Waals surface area contributed by atoms with Crippen molar-refractivity contribution < 1.29 is 19.1 Å². The van der Waals surface area contributed by atoms with Gasteiger partial charge in [0.25, 0.3) is 11.8 Å². The minimum atomic E-state index is -0.542. The molecular weight excluding hydrogens is 484 g/mol. The van der Waals surface area contributed by atoms with Crippen LogP contribution in [0.1, 0.15) is 73.9 Å². The van der Waals surface area contributed by atoms with Crippen LogP contribution in [0.25, 0.3) is 0 Å². The van der Waals surface area contributed by atoms with E-state index in [1.54, 1.807) is 23.4 Å². The van der Waals surface area contributed by atoms with Gasteiger partial charge in [0.2, 0.25) is 0 Å². The van der Waals surface area contributed by atoms with Gasteiger partial charge in [-0.2, -0.15) is 0 Å². The molecule has 0 spiro atoms. The highest BCUT2D eigenvalue weighted by molar-refractivity contribution is 6.18. The standard InChI is InChI=1S/C28H34N6O4/c1-28(2,3)38-27(37)33-11-7-19(8-12-33)34-16-18-13-23(20(17-5-6-17)14-21(18)26(34)36)32-25(35)22(15-29)24-30-9-4-10-31-24/h4,9-10,13-15,17,19,29-30H,5-8,11-12,16H2,1-3H3,(H,32,35)/b24-22-,29-15?. The van der Waals surface area contributed by atoms with Gasteiger partial charge in [-0.3, -0.25) is 9.59 Å². The van der Waals surface area contributed by atoms with Gasteiger partial charge in [-0.1, -0.05) is 0 Å². The molecule has 10 nitrogen and oxygen atoms in total. The highest BCUT2D eigenvalue weighted by Crippen LogP contribution is 2.45. The van der Waals surface area contributed by atoms with Crippen LogP contribution in [0.2, 0.25) is 0 Å². The quantitative estimate of drug-likeness (QED) is 0.402. The second kappa shape index (κ2) is 10.1. The Kier molecular flexibility index (Phi) is 6.81. The maximum absolute atomic E-state index is 13.5. The van der Waals surface area contributed by atoms with E-state index in [4.69, 9.17) is 10.1 Å². The van der Waals surface area contributed by atoms with E-state index >= 15 is 0 Å². The fraction of sp³-hybridized carbons (Fsp3) is 0.464. The number of hydrogen-bond acceptors (Lipinski definition) is 7. The Balaban J connectivity index is 1.31. The Labute approximate surface area is 222 Å². The minimum Gasteiger partial charge on any atom is -0.444 e. The topological polar surface area (TPSA) is 127 Å². The SMILES string of the molecule is CC(C)(C)OC(=O)N1CCC(N2Cc3cc(NC(=O)/C(C=N)=C4\N=CC=CN4)c(C4CC4)cc3C2=O)CC1. The van der Waals surface area contributed by atoms with Gasteiger partial charge < -0.3 is 30.6 Å². The number of amides is 3. The number of carbonyl (C=O) groups is 3. The van der Waals surface area contributed by atoms with E-state index < -0.39 is 11.5 Å². The van der Waals surface area contributed by atoms with Crippen LogP contribution < -0.4 is 10.6 Å². The van der Waals surface area contributed by atoms with Gasteiger partial charge in [0, 0.05) is 55.6 Å². The molecule has 2 fully saturated rings. The van der Waals surface area contributed by atoms with Crippen LogP contribution in [0.15, 0.2) is 40.8 Å². The maximum atomic E-state index is 13.5. The highest BCUT2D eigenvalue weighted by atomic mass is 16.6. The smallest absolute Gasteiger partial charge is 0.410 e. The van der Waals surface area contributed by atoms with Gasteiger partial charge in [-0.15, -0.1) is 0 Å². The summed E-state index contributed by atoms with van der Waals surface area (Å²) in [6.07, 6.45) is 9.01. The average molecular weight is 519 g/mol. The predicted molar refractivity (Wildman–Crippen MR) is 144 cm³/mol. The van der Waals surface area contributed by atoms with E-state index in [1.807, 2.05) is 37.8 Å². The normalized spacial score (nSPS) is 20.7. The van der Waals surface area contributed by atoms with Gasteiger partial charge in [0.15, 0.2) is 0 Å². The van der Waals surface area contributed by atoms with Crippen molar-refractivity contribution in [3.8, 4) is 0 Å². The molecule has 1 aromatic rings. The molecule has 200 valence electrons.